The van der Waals surface area contributed by atoms with Gasteiger partial charge in [0.25, 0.3) is 0 Å². The Morgan fingerprint density at radius 1 is 1.69 bits per heavy atom. The molecule has 86 valence electrons. The first-order valence-electron chi connectivity index (χ1n) is 4.87. The van der Waals surface area contributed by atoms with Crippen molar-refractivity contribution in [2.75, 3.05) is 13.2 Å². The molecule has 1 saturated heterocycles. The van der Waals surface area contributed by atoms with Crippen LogP contribution in [0.2, 0.25) is 0 Å². The molecule has 2 rings (SSSR count). The second kappa shape index (κ2) is 4.31. The number of rotatable bonds is 3. The van der Waals surface area contributed by atoms with Crippen LogP contribution in [0.15, 0.2) is 11.7 Å². The number of aliphatic carboxylic acids is 1. The maximum atomic E-state index is 11.8. The fourth-order valence-electron chi connectivity index (χ4n) is 1.76. The Morgan fingerprint density at radius 3 is 3.06 bits per heavy atom. The number of nitrogens with zero attached hydrogens (tertiary/aromatic N) is 1. The molecule has 0 aliphatic carbocycles. The van der Waals surface area contributed by atoms with Crippen molar-refractivity contribution in [1.82, 2.24) is 4.98 Å². The summed E-state index contributed by atoms with van der Waals surface area (Å²) in [7, 11) is 0. The number of hydrogen-bond donors (Lipinski definition) is 1. The Morgan fingerprint density at radius 2 is 2.50 bits per heavy atom. The third kappa shape index (κ3) is 1.85. The van der Waals surface area contributed by atoms with E-state index in [1.807, 2.05) is 0 Å². The predicted molar refractivity (Wildman–Crippen MR) is 56.3 cm³/mol. The summed E-state index contributed by atoms with van der Waals surface area (Å²) in [6.45, 7) is 0.273. The molecule has 0 bridgehead atoms. The zero-order chi connectivity index (χ0) is 11.6. The van der Waals surface area contributed by atoms with Gasteiger partial charge in [-0.2, -0.15) is 0 Å². The third-order valence-electron chi connectivity index (χ3n) is 2.72. The number of hydrogen-bond acceptors (Lipinski definition) is 5. The summed E-state index contributed by atoms with van der Waals surface area (Å²) in [5.41, 5.74) is 0.212. The number of ketones is 1. The zero-order valence-electron chi connectivity index (χ0n) is 8.51. The molecule has 2 heterocycles. The van der Waals surface area contributed by atoms with Crippen molar-refractivity contribution in [2.24, 2.45) is 5.41 Å². The number of aromatic nitrogens is 1. The molecule has 0 saturated carbocycles. The van der Waals surface area contributed by atoms with Crippen LogP contribution in [0.4, 0.5) is 0 Å². The zero-order valence-corrected chi connectivity index (χ0v) is 9.33. The van der Waals surface area contributed by atoms with Crippen molar-refractivity contribution in [3.05, 3.63) is 16.6 Å². The van der Waals surface area contributed by atoms with Gasteiger partial charge in [-0.25, -0.2) is 0 Å². The van der Waals surface area contributed by atoms with Gasteiger partial charge in [-0.15, -0.1) is 11.3 Å². The number of carbonyl (C=O) groups excluding carboxylic acids is 1. The van der Waals surface area contributed by atoms with Gasteiger partial charge in [-0.3, -0.25) is 14.6 Å². The smallest absolute Gasteiger partial charge is 0.319 e. The molecule has 0 amide bonds. The molecule has 1 fully saturated rings. The topological polar surface area (TPSA) is 76.5 Å². The highest BCUT2D eigenvalue weighted by molar-refractivity contribution is 7.09. The number of Topliss-reactive ketones (excluding diaryl/α,β-unsaturated/α-hetero) is 1. The van der Waals surface area contributed by atoms with Crippen molar-refractivity contribution in [1.29, 1.82) is 0 Å². The molecule has 0 aromatic carbocycles. The molecule has 0 radical (unpaired) electrons. The van der Waals surface area contributed by atoms with E-state index < -0.39 is 11.4 Å². The van der Waals surface area contributed by atoms with Crippen LogP contribution in [-0.4, -0.2) is 35.1 Å². The summed E-state index contributed by atoms with van der Waals surface area (Å²) in [5, 5.41) is 9.24. The minimum absolute atomic E-state index is 0.0426. The van der Waals surface area contributed by atoms with Gasteiger partial charge in [-0.05, 0) is 0 Å². The van der Waals surface area contributed by atoms with Crippen LogP contribution < -0.4 is 0 Å². The van der Waals surface area contributed by atoms with E-state index in [4.69, 9.17) is 4.74 Å². The molecular weight excluding hydrogens is 230 g/mol. The van der Waals surface area contributed by atoms with E-state index in [1.54, 1.807) is 11.7 Å². The Balaban J connectivity index is 2.27. The molecule has 1 aliphatic heterocycles. The van der Waals surface area contributed by atoms with Gasteiger partial charge in [0.2, 0.25) is 0 Å². The highest BCUT2D eigenvalue weighted by atomic mass is 32.1. The van der Waals surface area contributed by atoms with Crippen molar-refractivity contribution >= 4 is 23.1 Å². The summed E-state index contributed by atoms with van der Waals surface area (Å²) in [4.78, 5) is 27.8. The van der Waals surface area contributed by atoms with Crippen molar-refractivity contribution in [3.63, 3.8) is 0 Å². The van der Waals surface area contributed by atoms with Gasteiger partial charge < -0.3 is 9.84 Å². The molecule has 1 aromatic rings. The summed E-state index contributed by atoms with van der Waals surface area (Å²) in [6, 6.07) is 0. The molecule has 1 aromatic heterocycles. The van der Waals surface area contributed by atoms with E-state index in [2.05, 4.69) is 4.98 Å². The monoisotopic (exact) mass is 241 g/mol. The molecule has 0 spiro atoms. The van der Waals surface area contributed by atoms with E-state index in [-0.39, 0.29) is 25.2 Å². The molecule has 5 nitrogen and oxygen atoms in total. The van der Waals surface area contributed by atoms with E-state index >= 15 is 0 Å². The van der Waals surface area contributed by atoms with Crippen LogP contribution >= 0.6 is 11.3 Å². The van der Waals surface area contributed by atoms with Gasteiger partial charge in [0.05, 0.1) is 18.7 Å². The molecule has 1 aliphatic rings. The van der Waals surface area contributed by atoms with Crippen molar-refractivity contribution < 1.29 is 19.4 Å². The van der Waals surface area contributed by atoms with Gasteiger partial charge in [0.15, 0.2) is 11.2 Å². The van der Waals surface area contributed by atoms with Crippen LogP contribution in [0.3, 0.4) is 0 Å². The standard InChI is InChI=1S/C10H11NO4S/c12-8-1-2-15-5-10(8,9(13)14)3-7-4-11-6-16-7/h4,6H,1-3,5H2,(H,13,14). The lowest BCUT2D eigenvalue weighted by Gasteiger charge is -2.30. The Hall–Kier alpha value is -1.27. The third-order valence-corrected chi connectivity index (χ3v) is 3.50. The molecule has 16 heavy (non-hydrogen) atoms. The minimum atomic E-state index is -1.41. The average molecular weight is 241 g/mol. The van der Waals surface area contributed by atoms with E-state index in [0.29, 0.717) is 6.61 Å². The second-order valence-electron chi connectivity index (χ2n) is 3.76. The Bertz CT molecular complexity index is 403. The lowest BCUT2D eigenvalue weighted by atomic mass is 9.78. The van der Waals surface area contributed by atoms with Gasteiger partial charge >= 0.3 is 5.97 Å². The van der Waals surface area contributed by atoms with Gasteiger partial charge in [0, 0.05) is 23.9 Å². The van der Waals surface area contributed by atoms with Crippen LogP contribution in [-0.2, 0) is 20.7 Å². The first-order valence-corrected chi connectivity index (χ1v) is 5.75. The van der Waals surface area contributed by atoms with Crippen LogP contribution in [0, 0.1) is 5.41 Å². The SMILES string of the molecule is O=C(O)C1(Cc2cncs2)COCCC1=O. The lowest BCUT2D eigenvalue weighted by molar-refractivity contribution is -0.164. The van der Waals surface area contributed by atoms with Crippen LogP contribution in [0.1, 0.15) is 11.3 Å². The predicted octanol–water partition coefficient (Wildman–Crippen LogP) is 0.746. The maximum Gasteiger partial charge on any atom is 0.319 e. The minimum Gasteiger partial charge on any atom is -0.480 e. The second-order valence-corrected chi connectivity index (χ2v) is 4.73. The highest BCUT2D eigenvalue weighted by Gasteiger charge is 2.48. The van der Waals surface area contributed by atoms with E-state index in [1.165, 1.54) is 11.3 Å². The molecular formula is C10H11NO4S. The number of carboxylic acid groups (broad SMARTS) is 1. The van der Waals surface area contributed by atoms with E-state index in [0.717, 1.165) is 4.88 Å². The number of thiazole rings is 1. The fourth-order valence-corrected chi connectivity index (χ4v) is 2.47. The Kier molecular flexibility index (Phi) is 3.02. The summed E-state index contributed by atoms with van der Waals surface area (Å²) in [5.74, 6) is -1.36. The van der Waals surface area contributed by atoms with E-state index in [9.17, 15) is 14.7 Å². The summed E-state index contributed by atoms with van der Waals surface area (Å²) >= 11 is 1.35. The quantitative estimate of drug-likeness (QED) is 0.790. The maximum absolute atomic E-state index is 11.8. The van der Waals surface area contributed by atoms with Crippen LogP contribution in [0.25, 0.3) is 0 Å². The fraction of sp³-hybridized carbons (Fsp3) is 0.500. The highest BCUT2D eigenvalue weighted by Crippen LogP contribution is 2.31. The molecule has 1 unspecified atom stereocenters. The van der Waals surface area contributed by atoms with Crippen molar-refractivity contribution in [2.45, 2.75) is 12.8 Å². The summed E-state index contributed by atoms with van der Waals surface area (Å²) in [6.07, 6.45) is 1.94. The first kappa shape index (κ1) is 11.2. The van der Waals surface area contributed by atoms with Crippen molar-refractivity contribution in [3.8, 4) is 0 Å². The largest absolute Gasteiger partial charge is 0.480 e. The van der Waals surface area contributed by atoms with Crippen LogP contribution in [0.5, 0.6) is 0 Å². The molecule has 1 N–H and O–H groups in total. The number of carboxylic acids is 1. The number of carbonyl (C=O) groups is 2. The average Bonchev–Trinajstić information content (AvgIpc) is 2.74. The van der Waals surface area contributed by atoms with Gasteiger partial charge in [-0.1, -0.05) is 0 Å². The lowest BCUT2D eigenvalue weighted by Crippen LogP contribution is -2.48. The molecule has 1 atom stereocenters. The first-order chi connectivity index (χ1) is 7.65. The van der Waals surface area contributed by atoms with Gasteiger partial charge in [0.1, 0.15) is 0 Å². The Labute approximate surface area is 96.1 Å². The normalized spacial score (nSPS) is 25.6. The number of ether oxygens (including phenoxy) is 1. The molecule has 6 heteroatoms. The summed E-state index contributed by atoms with van der Waals surface area (Å²) < 4.78 is 5.15.